The van der Waals surface area contributed by atoms with Crippen LogP contribution >= 0.6 is 0 Å². The standard InChI is InChI=1S/C14H22N2O2/c1-10-8-12(11(2)15-10)13(17)9-16-6-4-14(3,18)5-7-16/h8,15,18H,4-7,9H2,1-3H3. The van der Waals surface area contributed by atoms with Crippen molar-refractivity contribution in [2.45, 2.75) is 39.2 Å². The molecule has 0 radical (unpaired) electrons. The third kappa shape index (κ3) is 3.00. The van der Waals surface area contributed by atoms with Crippen molar-refractivity contribution in [3.63, 3.8) is 0 Å². The Morgan fingerprint density at radius 3 is 2.56 bits per heavy atom. The van der Waals surface area contributed by atoms with Crippen LogP contribution in [0.5, 0.6) is 0 Å². The maximum absolute atomic E-state index is 12.2. The zero-order valence-electron chi connectivity index (χ0n) is 11.4. The van der Waals surface area contributed by atoms with Crippen molar-refractivity contribution in [1.29, 1.82) is 0 Å². The Morgan fingerprint density at radius 2 is 2.06 bits per heavy atom. The molecule has 0 bridgehead atoms. The third-order valence-electron chi connectivity index (χ3n) is 3.75. The van der Waals surface area contributed by atoms with Crippen LogP contribution in [0.1, 0.15) is 41.5 Å². The van der Waals surface area contributed by atoms with Crippen LogP contribution in [0.15, 0.2) is 6.07 Å². The molecule has 2 rings (SSSR count). The monoisotopic (exact) mass is 250 g/mol. The van der Waals surface area contributed by atoms with E-state index in [2.05, 4.69) is 9.88 Å². The number of Topliss-reactive ketones (excluding diaryl/α,β-unsaturated/α-hetero) is 1. The first-order valence-corrected chi connectivity index (χ1v) is 6.51. The van der Waals surface area contributed by atoms with Gasteiger partial charge in [-0.3, -0.25) is 9.69 Å². The Balaban J connectivity index is 1.95. The number of likely N-dealkylation sites (tertiary alicyclic amines) is 1. The Hall–Kier alpha value is -1.13. The van der Waals surface area contributed by atoms with Gasteiger partial charge in [0.1, 0.15) is 0 Å². The molecule has 1 fully saturated rings. The van der Waals surface area contributed by atoms with Gasteiger partial charge >= 0.3 is 0 Å². The second-order valence-corrected chi connectivity index (χ2v) is 5.69. The molecule has 0 spiro atoms. The van der Waals surface area contributed by atoms with Crippen LogP contribution in [-0.4, -0.2) is 46.0 Å². The van der Waals surface area contributed by atoms with Crippen molar-refractivity contribution in [3.8, 4) is 0 Å². The van der Waals surface area contributed by atoms with E-state index in [1.54, 1.807) is 0 Å². The summed E-state index contributed by atoms with van der Waals surface area (Å²) in [6, 6.07) is 1.91. The molecule has 1 saturated heterocycles. The second kappa shape index (κ2) is 4.86. The molecule has 18 heavy (non-hydrogen) atoms. The summed E-state index contributed by atoms with van der Waals surface area (Å²) in [5.41, 5.74) is 2.21. The van der Waals surface area contributed by atoms with Gasteiger partial charge in [-0.1, -0.05) is 0 Å². The fraction of sp³-hybridized carbons (Fsp3) is 0.643. The summed E-state index contributed by atoms with van der Waals surface area (Å²) in [6.07, 6.45) is 1.48. The van der Waals surface area contributed by atoms with Crippen LogP contribution in [0.4, 0.5) is 0 Å². The lowest BCUT2D eigenvalue weighted by molar-refractivity contribution is -0.00420. The first-order chi connectivity index (χ1) is 8.37. The van der Waals surface area contributed by atoms with E-state index in [4.69, 9.17) is 0 Å². The van der Waals surface area contributed by atoms with Gasteiger partial charge in [-0.2, -0.15) is 0 Å². The number of H-pyrrole nitrogens is 1. The highest BCUT2D eigenvalue weighted by Crippen LogP contribution is 2.21. The molecule has 100 valence electrons. The number of hydrogen-bond donors (Lipinski definition) is 2. The third-order valence-corrected chi connectivity index (χ3v) is 3.75. The molecule has 2 N–H and O–H groups in total. The number of nitrogens with one attached hydrogen (secondary N) is 1. The van der Waals surface area contributed by atoms with Crippen LogP contribution in [0.3, 0.4) is 0 Å². The van der Waals surface area contributed by atoms with Gasteiger partial charge in [0.25, 0.3) is 0 Å². The number of piperidine rings is 1. The number of aromatic nitrogens is 1. The number of aliphatic hydroxyl groups is 1. The van der Waals surface area contributed by atoms with E-state index in [1.165, 1.54) is 0 Å². The van der Waals surface area contributed by atoms with Crippen LogP contribution in [-0.2, 0) is 0 Å². The van der Waals surface area contributed by atoms with Crippen molar-refractivity contribution in [3.05, 3.63) is 23.0 Å². The largest absolute Gasteiger partial charge is 0.390 e. The fourth-order valence-electron chi connectivity index (χ4n) is 2.49. The molecule has 4 nitrogen and oxygen atoms in total. The highest BCUT2D eigenvalue weighted by atomic mass is 16.3. The van der Waals surface area contributed by atoms with Gasteiger partial charge in [0.15, 0.2) is 5.78 Å². The van der Waals surface area contributed by atoms with Gasteiger partial charge in [0.2, 0.25) is 0 Å². The minimum atomic E-state index is -0.555. The molecule has 0 amide bonds. The van der Waals surface area contributed by atoms with Crippen molar-refractivity contribution in [2.24, 2.45) is 0 Å². The maximum atomic E-state index is 12.2. The van der Waals surface area contributed by atoms with Crippen LogP contribution in [0, 0.1) is 13.8 Å². The number of hydrogen-bond acceptors (Lipinski definition) is 3. The lowest BCUT2D eigenvalue weighted by Crippen LogP contribution is -2.44. The van der Waals surface area contributed by atoms with E-state index in [9.17, 15) is 9.90 Å². The highest BCUT2D eigenvalue weighted by Gasteiger charge is 2.28. The van der Waals surface area contributed by atoms with Gasteiger partial charge in [0, 0.05) is 30.0 Å². The van der Waals surface area contributed by atoms with E-state index in [0.29, 0.717) is 6.54 Å². The molecule has 1 aromatic heterocycles. The molecular weight excluding hydrogens is 228 g/mol. The molecule has 1 aromatic rings. The van der Waals surface area contributed by atoms with Gasteiger partial charge < -0.3 is 10.1 Å². The Labute approximate surface area is 108 Å². The number of aromatic amines is 1. The number of carbonyl (C=O) groups is 1. The van der Waals surface area contributed by atoms with Crippen LogP contribution < -0.4 is 0 Å². The van der Waals surface area contributed by atoms with E-state index >= 15 is 0 Å². The minimum Gasteiger partial charge on any atom is -0.390 e. The molecule has 1 aliphatic heterocycles. The molecule has 1 aliphatic rings. The SMILES string of the molecule is Cc1cc(C(=O)CN2CCC(C)(O)CC2)c(C)[nH]1. The average molecular weight is 250 g/mol. The van der Waals surface area contributed by atoms with Crippen LogP contribution in [0.25, 0.3) is 0 Å². The summed E-state index contributed by atoms with van der Waals surface area (Å²) in [5, 5.41) is 9.87. The van der Waals surface area contributed by atoms with Gasteiger partial charge in [-0.25, -0.2) is 0 Å². The lowest BCUT2D eigenvalue weighted by atomic mass is 9.93. The predicted molar refractivity (Wildman–Crippen MR) is 70.9 cm³/mol. The van der Waals surface area contributed by atoms with Crippen molar-refractivity contribution < 1.29 is 9.90 Å². The molecule has 0 unspecified atom stereocenters. The zero-order chi connectivity index (χ0) is 13.3. The molecule has 2 heterocycles. The summed E-state index contributed by atoms with van der Waals surface area (Å²) in [5.74, 6) is 0.165. The zero-order valence-corrected chi connectivity index (χ0v) is 11.4. The first kappa shape index (κ1) is 13.3. The highest BCUT2D eigenvalue weighted by molar-refractivity contribution is 5.98. The Morgan fingerprint density at radius 1 is 1.44 bits per heavy atom. The summed E-state index contributed by atoms with van der Waals surface area (Å²) in [6.45, 7) is 7.80. The molecule has 0 atom stereocenters. The Kier molecular flexibility index (Phi) is 3.59. The molecule has 0 aromatic carbocycles. The number of rotatable bonds is 3. The van der Waals surface area contributed by atoms with E-state index in [0.717, 1.165) is 42.9 Å². The molecular formula is C14H22N2O2. The summed E-state index contributed by atoms with van der Waals surface area (Å²) in [7, 11) is 0. The minimum absolute atomic E-state index is 0.165. The van der Waals surface area contributed by atoms with Gasteiger partial charge in [-0.15, -0.1) is 0 Å². The smallest absolute Gasteiger partial charge is 0.178 e. The summed E-state index contributed by atoms with van der Waals surface area (Å²) < 4.78 is 0. The number of ketones is 1. The molecule has 0 aliphatic carbocycles. The maximum Gasteiger partial charge on any atom is 0.178 e. The number of nitrogens with zero attached hydrogens (tertiary/aromatic N) is 1. The van der Waals surface area contributed by atoms with Gasteiger partial charge in [0.05, 0.1) is 12.1 Å². The van der Waals surface area contributed by atoms with Crippen molar-refractivity contribution in [2.75, 3.05) is 19.6 Å². The first-order valence-electron chi connectivity index (χ1n) is 6.51. The quantitative estimate of drug-likeness (QED) is 0.802. The molecule has 0 saturated carbocycles. The molecule has 4 heteroatoms. The number of carbonyl (C=O) groups excluding carboxylic acids is 1. The fourth-order valence-corrected chi connectivity index (χ4v) is 2.49. The topological polar surface area (TPSA) is 56.3 Å². The predicted octanol–water partition coefficient (Wildman–Crippen LogP) is 1.66. The van der Waals surface area contributed by atoms with E-state index in [1.807, 2.05) is 26.8 Å². The van der Waals surface area contributed by atoms with Crippen molar-refractivity contribution >= 4 is 5.78 Å². The van der Waals surface area contributed by atoms with Gasteiger partial charge in [-0.05, 0) is 39.7 Å². The average Bonchev–Trinajstić information content (AvgIpc) is 2.61. The van der Waals surface area contributed by atoms with Crippen molar-refractivity contribution in [1.82, 2.24) is 9.88 Å². The normalized spacial score (nSPS) is 20.0. The van der Waals surface area contributed by atoms with Crippen LogP contribution in [0.2, 0.25) is 0 Å². The lowest BCUT2D eigenvalue weighted by Gasteiger charge is -2.35. The number of aryl methyl sites for hydroxylation is 2. The van der Waals surface area contributed by atoms with E-state index in [-0.39, 0.29) is 5.78 Å². The summed E-state index contributed by atoms with van der Waals surface area (Å²) >= 11 is 0. The second-order valence-electron chi connectivity index (χ2n) is 5.69. The Bertz CT molecular complexity index is 439. The van der Waals surface area contributed by atoms with E-state index < -0.39 is 5.60 Å². The summed E-state index contributed by atoms with van der Waals surface area (Å²) in [4.78, 5) is 17.5.